The number of hydrogen-bond acceptors (Lipinski definition) is 12. The molecule has 0 radical (unpaired) electrons. The van der Waals surface area contributed by atoms with Gasteiger partial charge in [0.25, 0.3) is 0 Å². The Bertz CT molecular complexity index is 1720. The van der Waals surface area contributed by atoms with Gasteiger partial charge in [0, 0.05) is 47.5 Å². The van der Waals surface area contributed by atoms with Gasteiger partial charge in [0.05, 0.1) is 12.7 Å². The first-order chi connectivity index (χ1) is 23.9. The minimum atomic E-state index is -1.01. The van der Waals surface area contributed by atoms with Gasteiger partial charge in [-0.25, -0.2) is 34.3 Å². The summed E-state index contributed by atoms with van der Waals surface area (Å²) in [6.45, 7) is 19.6. The van der Waals surface area contributed by atoms with Gasteiger partial charge in [-0.2, -0.15) is 9.59 Å². The van der Waals surface area contributed by atoms with E-state index in [0.717, 1.165) is 17.0 Å². The van der Waals surface area contributed by atoms with Crippen LogP contribution in [0.25, 0.3) is 0 Å². The lowest BCUT2D eigenvalue weighted by molar-refractivity contribution is -0.191. The van der Waals surface area contributed by atoms with Gasteiger partial charge >= 0.3 is 24.1 Å². The third kappa shape index (κ3) is 17.5. The molecule has 4 rings (SSSR count). The van der Waals surface area contributed by atoms with Crippen molar-refractivity contribution in [3.8, 4) is 0 Å². The molecule has 51 heavy (non-hydrogen) atoms. The predicted octanol–water partition coefficient (Wildman–Crippen LogP) is 6.83. The van der Waals surface area contributed by atoms with Gasteiger partial charge in [-0.15, -0.1) is 0 Å². The van der Waals surface area contributed by atoms with Crippen LogP contribution in [-0.2, 0) is 14.3 Å². The van der Waals surface area contributed by atoms with E-state index in [4.69, 9.17) is 19.8 Å². The number of nitrogens with zero attached hydrogens (tertiary/aromatic N) is 6. The SMILES string of the molecule is CC(C)c1ccccn1.CC(C)c1cnccc1C(=O)O.COC(=O)c1cc(C)nc(C(C)C)n1.Cc1cc(C(=O)O)nc(C(C)C)n1.O=C=O. The van der Waals surface area contributed by atoms with Crippen LogP contribution in [0.3, 0.4) is 0 Å². The molecule has 0 aliphatic rings. The molecule has 2 N–H and O–H groups in total. The van der Waals surface area contributed by atoms with Crippen molar-refractivity contribution in [3.05, 3.63) is 106 Å². The van der Waals surface area contributed by atoms with Gasteiger partial charge in [0.15, 0.2) is 11.4 Å². The van der Waals surface area contributed by atoms with Gasteiger partial charge in [0.2, 0.25) is 0 Å². The van der Waals surface area contributed by atoms with E-state index in [1.807, 2.05) is 72.9 Å². The molecule has 0 unspecified atom stereocenters. The smallest absolute Gasteiger partial charge is 0.373 e. The molecule has 274 valence electrons. The monoisotopic (exact) mass is 704 g/mol. The van der Waals surface area contributed by atoms with Crippen LogP contribution in [0.5, 0.6) is 0 Å². The summed E-state index contributed by atoms with van der Waals surface area (Å²) in [5.41, 5.74) is 4.16. The fourth-order valence-electron chi connectivity index (χ4n) is 3.80. The van der Waals surface area contributed by atoms with Crippen molar-refractivity contribution < 1.29 is 38.9 Å². The first-order valence-corrected chi connectivity index (χ1v) is 16.0. The molecule has 4 aromatic rings. The normalized spacial score (nSPS) is 9.86. The van der Waals surface area contributed by atoms with E-state index in [1.54, 1.807) is 19.2 Å². The van der Waals surface area contributed by atoms with Crippen molar-refractivity contribution in [1.82, 2.24) is 29.9 Å². The Balaban J connectivity index is 0.000000642. The molecule has 14 nitrogen and oxygen atoms in total. The van der Waals surface area contributed by atoms with Crippen molar-refractivity contribution in [2.45, 2.75) is 92.9 Å². The minimum absolute atomic E-state index is 0.0659. The summed E-state index contributed by atoms with van der Waals surface area (Å²) in [7, 11) is 1.34. The van der Waals surface area contributed by atoms with E-state index in [0.29, 0.717) is 34.5 Å². The summed E-state index contributed by atoms with van der Waals surface area (Å²) < 4.78 is 4.60. The van der Waals surface area contributed by atoms with Gasteiger partial charge in [0.1, 0.15) is 11.6 Å². The molecule has 0 aliphatic carbocycles. The number of carboxylic acid groups (broad SMARTS) is 2. The maximum Gasteiger partial charge on any atom is 0.373 e. The summed E-state index contributed by atoms with van der Waals surface area (Å²) in [5.74, 6) is 0.0426. The van der Waals surface area contributed by atoms with Crippen molar-refractivity contribution in [2.24, 2.45) is 0 Å². The van der Waals surface area contributed by atoms with E-state index in [-0.39, 0.29) is 29.6 Å². The van der Waals surface area contributed by atoms with Crippen LogP contribution in [0.2, 0.25) is 0 Å². The van der Waals surface area contributed by atoms with E-state index in [9.17, 15) is 14.4 Å². The Kier molecular flexibility index (Phi) is 20.9. The molecule has 0 saturated heterocycles. The van der Waals surface area contributed by atoms with Crippen LogP contribution in [0.4, 0.5) is 0 Å². The third-order valence-electron chi connectivity index (χ3n) is 6.37. The number of methoxy groups -OCH3 is 1. The Morgan fingerprint density at radius 3 is 1.55 bits per heavy atom. The Morgan fingerprint density at radius 1 is 0.686 bits per heavy atom. The van der Waals surface area contributed by atoms with Gasteiger partial charge in [-0.3, -0.25) is 9.97 Å². The molecule has 0 fully saturated rings. The first kappa shape index (κ1) is 45.2. The maximum absolute atomic E-state index is 11.2. The number of carboxylic acids is 2. The lowest BCUT2D eigenvalue weighted by Gasteiger charge is -2.07. The van der Waals surface area contributed by atoms with E-state index < -0.39 is 17.9 Å². The fourth-order valence-corrected chi connectivity index (χ4v) is 3.80. The van der Waals surface area contributed by atoms with E-state index >= 15 is 0 Å². The third-order valence-corrected chi connectivity index (χ3v) is 6.37. The van der Waals surface area contributed by atoms with Gasteiger partial charge in [-0.05, 0) is 61.6 Å². The predicted molar refractivity (Wildman–Crippen MR) is 189 cm³/mol. The molecule has 0 amide bonds. The van der Waals surface area contributed by atoms with Gasteiger partial charge < -0.3 is 14.9 Å². The highest BCUT2D eigenvalue weighted by molar-refractivity contribution is 5.89. The van der Waals surface area contributed by atoms with Crippen LogP contribution >= 0.6 is 0 Å². The van der Waals surface area contributed by atoms with Crippen molar-refractivity contribution in [1.29, 1.82) is 0 Å². The Hall–Kier alpha value is -5.75. The topological polar surface area (TPSA) is 212 Å². The molecule has 0 atom stereocenters. The lowest BCUT2D eigenvalue weighted by Crippen LogP contribution is -2.09. The number of ether oxygens (including phenoxy) is 1. The summed E-state index contributed by atoms with van der Waals surface area (Å²) in [6, 6.07) is 10.6. The van der Waals surface area contributed by atoms with Crippen molar-refractivity contribution in [2.75, 3.05) is 7.11 Å². The second-order valence-corrected chi connectivity index (χ2v) is 12.0. The molecular weight excluding hydrogens is 656 g/mol. The molecule has 4 heterocycles. The van der Waals surface area contributed by atoms with Crippen molar-refractivity contribution in [3.63, 3.8) is 0 Å². The summed E-state index contributed by atoms with van der Waals surface area (Å²) in [5, 5.41) is 17.5. The highest BCUT2D eigenvalue weighted by atomic mass is 16.5. The molecule has 0 saturated carbocycles. The zero-order valence-electron chi connectivity index (χ0n) is 31.0. The lowest BCUT2D eigenvalue weighted by atomic mass is 10.00. The van der Waals surface area contributed by atoms with Crippen LogP contribution < -0.4 is 0 Å². The Morgan fingerprint density at radius 2 is 1.20 bits per heavy atom. The number of aryl methyl sites for hydroxylation is 2. The molecule has 0 aromatic carbocycles. The van der Waals surface area contributed by atoms with E-state index in [1.165, 1.54) is 25.4 Å². The molecule has 14 heteroatoms. The van der Waals surface area contributed by atoms with Crippen LogP contribution in [-0.4, -0.2) is 71.3 Å². The number of hydrogen-bond donors (Lipinski definition) is 2. The largest absolute Gasteiger partial charge is 0.478 e. The zero-order chi connectivity index (χ0) is 39.3. The first-order valence-electron chi connectivity index (χ1n) is 16.0. The summed E-state index contributed by atoms with van der Waals surface area (Å²) in [6.07, 6.45) is 5.18. The van der Waals surface area contributed by atoms with Crippen LogP contribution in [0, 0.1) is 13.8 Å². The molecular formula is C37H48N6O8. The van der Waals surface area contributed by atoms with Gasteiger partial charge in [-0.1, -0.05) is 61.5 Å². The number of carbonyl (C=O) groups is 3. The fraction of sp³-hybridized carbons (Fsp3) is 0.405. The highest BCUT2D eigenvalue weighted by Gasteiger charge is 2.13. The number of rotatable bonds is 7. The average Bonchev–Trinajstić information content (AvgIpc) is 3.08. The summed E-state index contributed by atoms with van der Waals surface area (Å²) in [4.78, 5) is 73.3. The molecule has 4 aromatic heterocycles. The number of aromatic carboxylic acids is 2. The van der Waals surface area contributed by atoms with Crippen molar-refractivity contribution >= 4 is 24.1 Å². The quantitative estimate of drug-likeness (QED) is 0.189. The second-order valence-electron chi connectivity index (χ2n) is 12.0. The number of esters is 1. The zero-order valence-corrected chi connectivity index (χ0v) is 31.0. The standard InChI is InChI=1S/C10H14N2O2.C9H12N2O2.C9H11NO2.C8H11N.CO2/c1-6(2)9-11-7(3)5-8(12-9)10(13)14-4;1-5(2)8-10-6(3)4-7(11-8)9(12)13;1-6(2)8-5-10-4-3-7(8)9(11)12;1-7(2)8-5-3-4-6-9-8;2-1-3/h5-6H,1-4H3;4-5H,1-3H3,(H,12,13);3-6H,1-2H3,(H,11,12);3-7H,1-2H3;. The molecule has 0 spiro atoms. The van der Waals surface area contributed by atoms with E-state index in [2.05, 4.69) is 48.5 Å². The molecule has 0 bridgehead atoms. The highest BCUT2D eigenvalue weighted by Crippen LogP contribution is 2.17. The second kappa shape index (κ2) is 23.6. The summed E-state index contributed by atoms with van der Waals surface area (Å²) >= 11 is 0. The number of pyridine rings is 2. The maximum atomic E-state index is 11.2. The Labute approximate surface area is 298 Å². The van der Waals surface area contributed by atoms with Crippen LogP contribution in [0.1, 0.15) is 145 Å². The van der Waals surface area contributed by atoms with Crippen LogP contribution in [0.15, 0.2) is 55.0 Å². The minimum Gasteiger partial charge on any atom is -0.478 e. The number of aromatic nitrogens is 6. The number of carbonyl (C=O) groups excluding carboxylic acids is 3. The molecule has 0 aliphatic heterocycles. The average molecular weight is 705 g/mol.